The number of carbonyl (C=O) groups is 2. The van der Waals surface area contributed by atoms with Gasteiger partial charge in [-0.15, -0.1) is 11.3 Å². The van der Waals surface area contributed by atoms with Gasteiger partial charge >= 0.3 is 0 Å². The summed E-state index contributed by atoms with van der Waals surface area (Å²) in [5.41, 5.74) is 1.54. The van der Waals surface area contributed by atoms with Crippen LogP contribution in [0.25, 0.3) is 0 Å². The number of amides is 2. The molecule has 3 heterocycles. The zero-order valence-electron chi connectivity index (χ0n) is 21.0. The van der Waals surface area contributed by atoms with Gasteiger partial charge in [0.25, 0.3) is 5.91 Å². The van der Waals surface area contributed by atoms with E-state index in [2.05, 4.69) is 19.2 Å². The Bertz CT molecular complexity index is 1110. The molecule has 0 spiro atoms. The van der Waals surface area contributed by atoms with E-state index in [4.69, 9.17) is 4.98 Å². The van der Waals surface area contributed by atoms with E-state index in [0.717, 1.165) is 49.6 Å². The average molecular weight is 517 g/mol. The Hall–Kier alpha value is -1.84. The molecule has 1 saturated carbocycles. The lowest BCUT2D eigenvalue weighted by Crippen LogP contribution is -2.54. The number of aliphatic hydroxyl groups excluding tert-OH is 1. The molecule has 0 aromatic carbocycles. The van der Waals surface area contributed by atoms with Crippen LogP contribution in [0.1, 0.15) is 60.6 Å². The normalized spacial score (nSPS) is 31.4. The number of thiazole rings is 1. The molecule has 2 fully saturated rings. The van der Waals surface area contributed by atoms with E-state index in [0.29, 0.717) is 10.8 Å². The van der Waals surface area contributed by atoms with Gasteiger partial charge in [0.2, 0.25) is 5.91 Å². The fourth-order valence-corrected chi connectivity index (χ4v) is 8.88. The second-order valence-corrected chi connectivity index (χ2v) is 13.2. The molecule has 2 aromatic rings. The lowest BCUT2D eigenvalue weighted by molar-refractivity contribution is -0.144. The van der Waals surface area contributed by atoms with Crippen LogP contribution in [0.15, 0.2) is 18.3 Å². The number of aryl methyl sites for hydroxylation is 1. The lowest BCUT2D eigenvalue weighted by Gasteiger charge is -2.53. The van der Waals surface area contributed by atoms with Crippen LogP contribution < -0.4 is 5.32 Å². The summed E-state index contributed by atoms with van der Waals surface area (Å²) in [6.07, 6.45) is 4.01. The molecule has 3 aliphatic rings. The molecule has 6 atom stereocenters. The molecule has 0 radical (unpaired) electrons. The van der Waals surface area contributed by atoms with Gasteiger partial charge in [0, 0.05) is 54.6 Å². The van der Waals surface area contributed by atoms with Crippen molar-refractivity contribution >= 4 is 40.0 Å². The minimum Gasteiger partial charge on any atom is -0.392 e. The van der Waals surface area contributed by atoms with Gasteiger partial charge in [0.1, 0.15) is 5.69 Å². The molecule has 7 nitrogen and oxygen atoms in total. The molecule has 9 heteroatoms. The highest BCUT2D eigenvalue weighted by atomic mass is 32.2. The van der Waals surface area contributed by atoms with Crippen molar-refractivity contribution in [2.75, 3.05) is 29.9 Å². The van der Waals surface area contributed by atoms with E-state index < -0.39 is 6.10 Å². The summed E-state index contributed by atoms with van der Waals surface area (Å²) in [7, 11) is 1.85. The van der Waals surface area contributed by atoms with Crippen LogP contribution in [0, 0.1) is 23.2 Å². The highest BCUT2D eigenvalue weighted by Gasteiger charge is 2.54. The fourth-order valence-electron chi connectivity index (χ4n) is 6.71. The second-order valence-electron chi connectivity index (χ2n) is 10.9. The number of hydrogen-bond donors (Lipinski definition) is 2. The Kier molecular flexibility index (Phi) is 6.78. The van der Waals surface area contributed by atoms with Crippen molar-refractivity contribution in [3.63, 3.8) is 0 Å². The highest BCUT2D eigenvalue weighted by molar-refractivity contribution is 7.99. The number of nitrogens with one attached hydrogen (secondary N) is 1. The van der Waals surface area contributed by atoms with E-state index in [-0.39, 0.29) is 40.9 Å². The van der Waals surface area contributed by atoms with Crippen LogP contribution in [-0.4, -0.2) is 62.1 Å². The first kappa shape index (κ1) is 24.8. The van der Waals surface area contributed by atoms with Crippen molar-refractivity contribution in [3.8, 4) is 0 Å². The SMILES string of the molecule is C[C@H](C(=O)N1CCSCC1)[C@@H]1CC[C@]2(C)Cc3sc(NC(=O)c4cccn4C)nc3[C@H](C)[C@@H]2[C@H]1O. The third-order valence-electron chi connectivity index (χ3n) is 8.67. The van der Waals surface area contributed by atoms with E-state index >= 15 is 0 Å². The number of fused-ring (bicyclic) bond motifs is 2. The Morgan fingerprint density at radius 1 is 1.31 bits per heavy atom. The van der Waals surface area contributed by atoms with Crippen LogP contribution in [0.4, 0.5) is 5.13 Å². The van der Waals surface area contributed by atoms with E-state index in [9.17, 15) is 14.7 Å². The zero-order chi connectivity index (χ0) is 24.9. The number of nitrogens with zero attached hydrogens (tertiary/aromatic N) is 3. The van der Waals surface area contributed by atoms with Crippen molar-refractivity contribution < 1.29 is 14.7 Å². The van der Waals surface area contributed by atoms with Crippen LogP contribution >= 0.6 is 23.1 Å². The van der Waals surface area contributed by atoms with Gasteiger partial charge in [0.15, 0.2) is 5.13 Å². The van der Waals surface area contributed by atoms with E-state index in [1.54, 1.807) is 22.0 Å². The number of carbonyl (C=O) groups excluding carboxylic acids is 2. The Morgan fingerprint density at radius 3 is 2.74 bits per heavy atom. The first-order valence-corrected chi connectivity index (χ1v) is 14.6. The third kappa shape index (κ3) is 4.44. The monoisotopic (exact) mass is 516 g/mol. The summed E-state index contributed by atoms with van der Waals surface area (Å²) in [6.45, 7) is 8.08. The average Bonchev–Trinajstić information content (AvgIpc) is 3.44. The van der Waals surface area contributed by atoms with Gasteiger partial charge < -0.3 is 14.6 Å². The van der Waals surface area contributed by atoms with Crippen molar-refractivity contribution in [2.24, 2.45) is 30.2 Å². The van der Waals surface area contributed by atoms with Crippen LogP contribution in [-0.2, 0) is 18.3 Å². The second kappa shape index (κ2) is 9.56. The Balaban J connectivity index is 1.34. The molecular weight excluding hydrogens is 480 g/mol. The lowest BCUT2D eigenvalue weighted by atomic mass is 9.53. The number of rotatable bonds is 4. The van der Waals surface area contributed by atoms with Gasteiger partial charge in [-0.3, -0.25) is 14.9 Å². The van der Waals surface area contributed by atoms with Crippen molar-refractivity contribution in [1.82, 2.24) is 14.5 Å². The number of hydrogen-bond acceptors (Lipinski definition) is 6. The van der Waals surface area contributed by atoms with E-state index in [1.807, 2.05) is 42.9 Å². The first-order valence-electron chi connectivity index (χ1n) is 12.7. The minimum atomic E-state index is -0.543. The molecule has 2 amide bonds. The molecule has 2 aliphatic carbocycles. The zero-order valence-corrected chi connectivity index (χ0v) is 22.6. The van der Waals surface area contributed by atoms with Crippen LogP contribution in [0.3, 0.4) is 0 Å². The molecular formula is C26H36N4O3S2. The maximum Gasteiger partial charge on any atom is 0.274 e. The molecule has 2 aromatic heterocycles. The number of anilines is 1. The summed E-state index contributed by atoms with van der Waals surface area (Å²) >= 11 is 3.46. The molecule has 1 saturated heterocycles. The predicted octanol–water partition coefficient (Wildman–Crippen LogP) is 4.00. The largest absolute Gasteiger partial charge is 0.392 e. The Morgan fingerprint density at radius 2 is 2.06 bits per heavy atom. The molecule has 190 valence electrons. The predicted molar refractivity (Wildman–Crippen MR) is 141 cm³/mol. The summed E-state index contributed by atoms with van der Waals surface area (Å²) in [4.78, 5) is 34.0. The summed E-state index contributed by atoms with van der Waals surface area (Å²) < 4.78 is 1.79. The van der Waals surface area contributed by atoms with Crippen LogP contribution in [0.2, 0.25) is 0 Å². The highest BCUT2D eigenvalue weighted by Crippen LogP contribution is 2.57. The third-order valence-corrected chi connectivity index (χ3v) is 10.6. The van der Waals surface area contributed by atoms with Gasteiger partial charge in [-0.2, -0.15) is 11.8 Å². The van der Waals surface area contributed by atoms with Crippen molar-refractivity contribution in [1.29, 1.82) is 0 Å². The van der Waals surface area contributed by atoms with Gasteiger partial charge in [-0.1, -0.05) is 20.8 Å². The number of aromatic nitrogens is 2. The maximum absolute atomic E-state index is 13.2. The molecule has 1 aliphatic heterocycles. The van der Waals surface area contributed by atoms with Crippen LogP contribution in [0.5, 0.6) is 0 Å². The number of aliphatic hydroxyl groups is 1. The molecule has 2 N–H and O–H groups in total. The topological polar surface area (TPSA) is 87.5 Å². The standard InChI is InChI=1S/C26H36N4O3S2/c1-15(24(33)30-10-12-34-13-11-30)17-7-8-26(3)14-19-21(16(2)20(26)22(17)31)27-25(35-19)28-23(32)18-6-5-9-29(18)4/h5-6,9,15-17,20,22,31H,7-8,10-14H2,1-4H3,(H,27,28,32)/t15-,16+,17-,20+,22-,26+/m0/s1. The summed E-state index contributed by atoms with van der Waals surface area (Å²) in [5, 5.41) is 15.3. The smallest absolute Gasteiger partial charge is 0.274 e. The quantitative estimate of drug-likeness (QED) is 0.642. The van der Waals surface area contributed by atoms with Gasteiger partial charge in [-0.05, 0) is 48.6 Å². The summed E-state index contributed by atoms with van der Waals surface area (Å²) in [6, 6.07) is 3.64. The Labute approximate surface area is 215 Å². The molecule has 5 rings (SSSR count). The molecule has 0 bridgehead atoms. The maximum atomic E-state index is 13.2. The first-order chi connectivity index (χ1) is 16.7. The van der Waals surface area contributed by atoms with Crippen molar-refractivity contribution in [2.45, 2.75) is 52.1 Å². The number of thioether (sulfide) groups is 1. The van der Waals surface area contributed by atoms with E-state index in [1.165, 1.54) is 4.88 Å². The minimum absolute atomic E-state index is 0.0331. The molecule has 0 unspecified atom stereocenters. The molecule has 35 heavy (non-hydrogen) atoms. The summed E-state index contributed by atoms with van der Waals surface area (Å²) in [5.74, 6) is 1.92. The van der Waals surface area contributed by atoms with Crippen molar-refractivity contribution in [3.05, 3.63) is 34.6 Å². The fraction of sp³-hybridized carbons (Fsp3) is 0.654. The van der Waals surface area contributed by atoms with Gasteiger partial charge in [0.05, 0.1) is 11.8 Å². The van der Waals surface area contributed by atoms with Gasteiger partial charge in [-0.25, -0.2) is 4.98 Å².